The van der Waals surface area contributed by atoms with Gasteiger partial charge in [-0.2, -0.15) is 5.10 Å². The van der Waals surface area contributed by atoms with Crippen LogP contribution in [0.25, 0.3) is 0 Å². The van der Waals surface area contributed by atoms with Crippen LogP contribution in [-0.2, 0) is 10.3 Å². The predicted molar refractivity (Wildman–Crippen MR) is 140 cm³/mol. The second-order valence-corrected chi connectivity index (χ2v) is 11.5. The van der Waals surface area contributed by atoms with Gasteiger partial charge < -0.3 is 23.8 Å². The maximum absolute atomic E-state index is 12.0. The second-order valence-electron chi connectivity index (χ2n) is 11.5. The molecule has 36 heavy (non-hydrogen) atoms. The molecule has 8 nitrogen and oxygen atoms in total. The lowest BCUT2D eigenvalue weighted by Gasteiger charge is -2.46. The van der Waals surface area contributed by atoms with Crippen molar-refractivity contribution in [2.75, 3.05) is 25.1 Å². The molecule has 0 aliphatic carbocycles. The molecule has 198 valence electrons. The Morgan fingerprint density at radius 3 is 2.39 bits per heavy atom. The minimum Gasteiger partial charge on any atom is -0.491 e. The zero-order valence-corrected chi connectivity index (χ0v) is 23.0. The molecule has 1 spiro atoms. The number of carbonyl (C=O) groups excluding carboxylic acids is 1. The fourth-order valence-corrected chi connectivity index (χ4v) is 5.14. The smallest absolute Gasteiger partial charge is 0.184 e. The molecule has 1 fully saturated rings. The number of anilines is 1. The van der Waals surface area contributed by atoms with Crippen LogP contribution < -0.4 is 19.1 Å². The first kappa shape index (κ1) is 26.3. The van der Waals surface area contributed by atoms with Gasteiger partial charge in [-0.05, 0) is 60.6 Å². The first-order chi connectivity index (χ1) is 17.0. The van der Waals surface area contributed by atoms with Crippen molar-refractivity contribution in [1.29, 1.82) is 0 Å². The molecule has 1 atom stereocenters. The summed E-state index contributed by atoms with van der Waals surface area (Å²) < 4.78 is 26.8. The van der Waals surface area contributed by atoms with Crippen molar-refractivity contribution in [3.63, 3.8) is 0 Å². The summed E-state index contributed by atoms with van der Waals surface area (Å²) in [5.74, 6) is 2.06. The van der Waals surface area contributed by atoms with Crippen molar-refractivity contribution >= 4 is 12.0 Å². The molecule has 1 unspecified atom stereocenters. The van der Waals surface area contributed by atoms with E-state index in [-0.39, 0.29) is 29.5 Å². The van der Waals surface area contributed by atoms with E-state index < -0.39 is 0 Å². The number of methoxy groups -OCH3 is 1. The summed E-state index contributed by atoms with van der Waals surface area (Å²) >= 11 is 0. The van der Waals surface area contributed by atoms with E-state index in [9.17, 15) is 4.79 Å². The van der Waals surface area contributed by atoms with Gasteiger partial charge in [0.2, 0.25) is 0 Å². The number of fused-ring (bicyclic) bond motifs is 1. The van der Waals surface area contributed by atoms with Gasteiger partial charge in [0.25, 0.3) is 0 Å². The van der Waals surface area contributed by atoms with Crippen molar-refractivity contribution in [3.05, 3.63) is 29.6 Å². The number of piperidine rings is 1. The fourth-order valence-electron chi connectivity index (χ4n) is 5.14. The van der Waals surface area contributed by atoms with Crippen LogP contribution in [-0.4, -0.2) is 54.1 Å². The van der Waals surface area contributed by atoms with Crippen molar-refractivity contribution in [2.45, 2.75) is 97.2 Å². The molecule has 4 rings (SSSR count). The summed E-state index contributed by atoms with van der Waals surface area (Å²) in [6, 6.07) is 3.62. The third-order valence-electron chi connectivity index (χ3n) is 6.83. The number of aldehydes is 1. The molecule has 0 bridgehead atoms. The van der Waals surface area contributed by atoms with Crippen LogP contribution in [0.5, 0.6) is 17.2 Å². The Kier molecular flexibility index (Phi) is 7.28. The number of carbonyl (C=O) groups is 1. The Balaban J connectivity index is 1.62. The number of ether oxygens (including phenoxy) is 4. The molecule has 1 aromatic heterocycles. The molecule has 1 aromatic carbocycles. The first-order valence-corrected chi connectivity index (χ1v) is 13.0. The largest absolute Gasteiger partial charge is 0.491 e. The van der Waals surface area contributed by atoms with Crippen molar-refractivity contribution in [1.82, 2.24) is 9.78 Å². The number of rotatable bonds is 7. The predicted octanol–water partition coefficient (Wildman–Crippen LogP) is 5.53. The fraction of sp³-hybridized carbons (Fsp3) is 0.643. The molecule has 8 heteroatoms. The SMILES string of the molecule is COc1c(OC(C)C)ccc(C=O)c1N1CCC2(CC1)CC(OC(C)C)c1nn(C(C)(C)C)cc1O2. The molecule has 3 heterocycles. The summed E-state index contributed by atoms with van der Waals surface area (Å²) in [6.07, 6.45) is 5.20. The molecule has 2 aromatic rings. The normalized spacial score (nSPS) is 19.4. The summed E-state index contributed by atoms with van der Waals surface area (Å²) in [7, 11) is 1.62. The maximum atomic E-state index is 12.0. The van der Waals surface area contributed by atoms with Crippen LogP contribution in [0.1, 0.15) is 89.9 Å². The van der Waals surface area contributed by atoms with Gasteiger partial charge in [0.1, 0.15) is 17.4 Å². The van der Waals surface area contributed by atoms with Gasteiger partial charge in [-0.25, -0.2) is 0 Å². The summed E-state index contributed by atoms with van der Waals surface area (Å²) in [5.41, 5.74) is 1.76. The highest BCUT2D eigenvalue weighted by Gasteiger charge is 2.46. The van der Waals surface area contributed by atoms with E-state index in [1.165, 1.54) is 0 Å². The van der Waals surface area contributed by atoms with Gasteiger partial charge >= 0.3 is 0 Å². The zero-order chi connectivity index (χ0) is 26.3. The minimum absolute atomic E-state index is 0.00445. The van der Waals surface area contributed by atoms with Crippen molar-refractivity contribution in [2.24, 2.45) is 0 Å². The number of hydrogen-bond acceptors (Lipinski definition) is 7. The molecule has 2 aliphatic heterocycles. The highest BCUT2D eigenvalue weighted by Crippen LogP contribution is 2.48. The van der Waals surface area contributed by atoms with Crippen LogP contribution in [0.15, 0.2) is 18.3 Å². The Bertz CT molecular complexity index is 1080. The van der Waals surface area contributed by atoms with E-state index in [4.69, 9.17) is 24.0 Å². The molecule has 0 N–H and O–H groups in total. The molecule has 1 saturated heterocycles. The van der Waals surface area contributed by atoms with Crippen LogP contribution in [0.4, 0.5) is 5.69 Å². The summed E-state index contributed by atoms with van der Waals surface area (Å²) in [4.78, 5) is 14.2. The number of benzene rings is 1. The number of hydrogen-bond donors (Lipinski definition) is 0. The zero-order valence-electron chi connectivity index (χ0n) is 23.0. The first-order valence-electron chi connectivity index (χ1n) is 13.0. The van der Waals surface area contributed by atoms with Crippen molar-refractivity contribution < 1.29 is 23.7 Å². The van der Waals surface area contributed by atoms with E-state index in [1.807, 2.05) is 36.9 Å². The topological polar surface area (TPSA) is 75.0 Å². The number of aromatic nitrogens is 2. The lowest BCUT2D eigenvalue weighted by molar-refractivity contribution is -0.0789. The average molecular weight is 500 g/mol. The van der Waals surface area contributed by atoms with Crippen LogP contribution in [0, 0.1) is 0 Å². The highest BCUT2D eigenvalue weighted by atomic mass is 16.5. The molecule has 0 saturated carbocycles. The molecule has 0 radical (unpaired) electrons. The minimum atomic E-state index is -0.352. The van der Waals surface area contributed by atoms with Gasteiger partial charge in [-0.15, -0.1) is 0 Å². The lowest BCUT2D eigenvalue weighted by Crippen LogP contribution is -2.51. The van der Waals surface area contributed by atoms with Crippen LogP contribution in [0.3, 0.4) is 0 Å². The number of nitrogens with zero attached hydrogens (tertiary/aromatic N) is 3. The monoisotopic (exact) mass is 499 g/mol. The standard InChI is InChI=1S/C28H41N3O5/c1-18(2)34-21-10-9-20(17-32)25(26(21)33-8)30-13-11-28(12-14-30)15-22(35-19(3)4)24-23(36-28)16-31(29-24)27(5,6)7/h9-10,16-19,22H,11-15H2,1-8H3. The van der Waals surface area contributed by atoms with Crippen LogP contribution >= 0.6 is 0 Å². The van der Waals surface area contributed by atoms with E-state index in [1.54, 1.807) is 7.11 Å². The molecular weight excluding hydrogens is 458 g/mol. The van der Waals surface area contributed by atoms with Gasteiger partial charge in [0, 0.05) is 37.9 Å². The summed E-state index contributed by atoms with van der Waals surface area (Å²) in [5, 5.41) is 4.86. The van der Waals surface area contributed by atoms with E-state index >= 15 is 0 Å². The quantitative estimate of drug-likeness (QED) is 0.463. The third kappa shape index (κ3) is 5.19. The van der Waals surface area contributed by atoms with Crippen molar-refractivity contribution in [3.8, 4) is 17.2 Å². The second kappa shape index (κ2) is 9.96. The maximum Gasteiger partial charge on any atom is 0.184 e. The molecule has 0 amide bonds. The highest BCUT2D eigenvalue weighted by molar-refractivity contribution is 5.89. The summed E-state index contributed by atoms with van der Waals surface area (Å²) in [6.45, 7) is 15.9. The Labute approximate surface area is 214 Å². The average Bonchev–Trinajstić information content (AvgIpc) is 3.23. The molecule has 2 aliphatic rings. The van der Waals surface area contributed by atoms with Gasteiger partial charge in [-0.3, -0.25) is 9.48 Å². The Morgan fingerprint density at radius 1 is 1.14 bits per heavy atom. The Morgan fingerprint density at radius 2 is 1.83 bits per heavy atom. The van der Waals surface area contributed by atoms with Gasteiger partial charge in [-0.1, -0.05) is 0 Å². The van der Waals surface area contributed by atoms with Gasteiger partial charge in [0.05, 0.1) is 36.7 Å². The van der Waals surface area contributed by atoms with E-state index in [2.05, 4.69) is 39.5 Å². The Hall–Kier alpha value is -2.74. The van der Waals surface area contributed by atoms with Crippen LogP contribution in [0.2, 0.25) is 0 Å². The van der Waals surface area contributed by atoms with E-state index in [0.717, 1.165) is 55.8 Å². The van der Waals surface area contributed by atoms with Gasteiger partial charge in [0.15, 0.2) is 23.5 Å². The molecular formula is C28H41N3O5. The third-order valence-corrected chi connectivity index (χ3v) is 6.83. The lowest BCUT2D eigenvalue weighted by atomic mass is 9.82. The van der Waals surface area contributed by atoms with E-state index in [0.29, 0.717) is 17.1 Å².